The molecule has 0 radical (unpaired) electrons. The lowest BCUT2D eigenvalue weighted by Gasteiger charge is -2.28. The van der Waals surface area contributed by atoms with Gasteiger partial charge < -0.3 is 14.8 Å². The van der Waals surface area contributed by atoms with Crippen molar-refractivity contribution in [1.82, 2.24) is 5.32 Å². The topological polar surface area (TPSA) is 105 Å². The number of nitrogens with zero attached hydrogens (tertiary/aromatic N) is 1. The summed E-state index contributed by atoms with van der Waals surface area (Å²) in [5.74, 6) is -1.37. The second-order valence-electron chi connectivity index (χ2n) is 8.91. The summed E-state index contributed by atoms with van der Waals surface area (Å²) >= 11 is 0. The van der Waals surface area contributed by atoms with Crippen LogP contribution >= 0.6 is 0 Å². The van der Waals surface area contributed by atoms with E-state index in [0.29, 0.717) is 38.9 Å². The van der Waals surface area contributed by atoms with Crippen LogP contribution in [0.3, 0.4) is 0 Å². The van der Waals surface area contributed by atoms with Crippen LogP contribution in [0.4, 0.5) is 13.2 Å². The van der Waals surface area contributed by atoms with Crippen molar-refractivity contribution >= 4 is 15.7 Å². The maximum Gasteiger partial charge on any atom is 0.417 e. The molecule has 1 heterocycles. The van der Waals surface area contributed by atoms with Gasteiger partial charge in [0, 0.05) is 13.2 Å². The van der Waals surface area contributed by atoms with Crippen LogP contribution in [-0.2, 0) is 30.3 Å². The Labute approximate surface area is 190 Å². The highest BCUT2D eigenvalue weighted by Gasteiger charge is 2.51. The summed E-state index contributed by atoms with van der Waals surface area (Å²) in [5, 5.41) is 10.8. The van der Waals surface area contributed by atoms with Gasteiger partial charge in [0.05, 0.1) is 39.9 Å². The van der Waals surface area contributed by atoms with Crippen molar-refractivity contribution < 1.29 is 35.9 Å². The molecule has 1 unspecified atom stereocenters. The predicted molar refractivity (Wildman–Crippen MR) is 110 cm³/mol. The highest BCUT2D eigenvalue weighted by atomic mass is 32.2. The molecular formula is C22H25F3N2O5S. The summed E-state index contributed by atoms with van der Waals surface area (Å²) in [6, 6.07) is 6.15. The van der Waals surface area contributed by atoms with Crippen LogP contribution in [0.25, 0.3) is 0 Å². The summed E-state index contributed by atoms with van der Waals surface area (Å²) < 4.78 is 78.5. The van der Waals surface area contributed by atoms with Crippen molar-refractivity contribution in [2.24, 2.45) is 5.92 Å². The van der Waals surface area contributed by atoms with Gasteiger partial charge in [-0.25, -0.2) is 8.42 Å². The Hall–Kier alpha value is -2.16. The standard InChI is InChI=1S/C22H25F3N2O5S/c23-22(24,25)17-3-1-2-4-19(17)33(29,30)15-11-16(20(28)27-21(13-26)7-8-21)18(12-15)32-14-5-9-31-10-6-14/h1-4,14-16,18H,5-12H2,(H,27,28)/t15-,16-,18?/m1/s1. The molecule has 3 atom stereocenters. The lowest BCUT2D eigenvalue weighted by atomic mass is 10.0. The maximum atomic E-state index is 13.5. The fourth-order valence-corrected chi connectivity index (χ4v) is 6.56. The van der Waals surface area contributed by atoms with Crippen molar-refractivity contribution in [2.75, 3.05) is 13.2 Å². The number of carbonyl (C=O) groups is 1. The monoisotopic (exact) mass is 486 g/mol. The molecule has 1 N–H and O–H groups in total. The number of halogens is 3. The number of sulfone groups is 1. The van der Waals surface area contributed by atoms with Gasteiger partial charge in [0.2, 0.25) is 5.91 Å². The molecule has 1 amide bonds. The minimum atomic E-state index is -4.83. The number of rotatable bonds is 6. The fraction of sp³-hybridized carbons (Fsp3) is 0.636. The van der Waals surface area contributed by atoms with E-state index < -0.39 is 55.2 Å². The summed E-state index contributed by atoms with van der Waals surface area (Å²) in [5.41, 5.74) is -2.17. The molecule has 1 aromatic carbocycles. The third-order valence-corrected chi connectivity index (χ3v) is 8.83. The molecule has 1 saturated heterocycles. The normalized spacial score (nSPS) is 27.6. The molecule has 11 heteroatoms. The molecule has 180 valence electrons. The number of carbonyl (C=O) groups excluding carboxylic acids is 1. The molecule has 1 aliphatic heterocycles. The molecule has 3 aliphatic rings. The number of ether oxygens (including phenoxy) is 2. The second kappa shape index (κ2) is 8.89. The summed E-state index contributed by atoms with van der Waals surface area (Å²) in [6.07, 6.45) is -3.92. The van der Waals surface area contributed by atoms with Crippen LogP contribution in [0.15, 0.2) is 29.2 Å². The van der Waals surface area contributed by atoms with Gasteiger partial charge >= 0.3 is 6.18 Å². The molecule has 33 heavy (non-hydrogen) atoms. The lowest BCUT2D eigenvalue weighted by Crippen LogP contribution is -2.43. The van der Waals surface area contributed by atoms with Gasteiger partial charge in [0.15, 0.2) is 9.84 Å². The highest BCUT2D eigenvalue weighted by Crippen LogP contribution is 2.42. The Bertz CT molecular complexity index is 1040. The average Bonchev–Trinajstić information content (AvgIpc) is 3.42. The predicted octanol–water partition coefficient (Wildman–Crippen LogP) is 2.99. The van der Waals surface area contributed by atoms with Crippen LogP contribution in [0, 0.1) is 17.2 Å². The van der Waals surface area contributed by atoms with E-state index in [2.05, 4.69) is 11.4 Å². The SMILES string of the molecule is N#CC1(NC(=O)[C@@H]2C[C@@H](S(=O)(=O)c3ccccc3C(F)(F)F)CC2OC2CCOCC2)CC1. The largest absolute Gasteiger partial charge is 0.417 e. The Morgan fingerprint density at radius 2 is 1.85 bits per heavy atom. The molecule has 0 spiro atoms. The smallest absolute Gasteiger partial charge is 0.381 e. The van der Waals surface area contributed by atoms with Gasteiger partial charge in [-0.3, -0.25) is 4.79 Å². The van der Waals surface area contributed by atoms with Gasteiger partial charge in [-0.05, 0) is 50.7 Å². The lowest BCUT2D eigenvalue weighted by molar-refractivity contribution is -0.140. The molecule has 3 fully saturated rings. The number of nitriles is 1. The van der Waals surface area contributed by atoms with Crippen molar-refractivity contribution in [3.05, 3.63) is 29.8 Å². The number of alkyl halides is 3. The van der Waals surface area contributed by atoms with Gasteiger partial charge in [0.25, 0.3) is 0 Å². The second-order valence-corrected chi connectivity index (χ2v) is 11.1. The van der Waals surface area contributed by atoms with Crippen molar-refractivity contribution in [3.63, 3.8) is 0 Å². The molecule has 0 aromatic heterocycles. The van der Waals surface area contributed by atoms with Gasteiger partial charge in [-0.1, -0.05) is 12.1 Å². The maximum absolute atomic E-state index is 13.5. The van der Waals surface area contributed by atoms with Gasteiger partial charge in [-0.15, -0.1) is 0 Å². The number of hydrogen-bond acceptors (Lipinski definition) is 6. The minimum Gasteiger partial charge on any atom is -0.381 e. The van der Waals surface area contributed by atoms with E-state index in [1.807, 2.05) is 0 Å². The van der Waals surface area contributed by atoms with E-state index in [1.54, 1.807) is 0 Å². The third kappa shape index (κ3) is 5.03. The molecular weight excluding hydrogens is 461 g/mol. The molecule has 0 bridgehead atoms. The van der Waals surface area contributed by atoms with Crippen molar-refractivity contribution in [1.29, 1.82) is 5.26 Å². The van der Waals surface area contributed by atoms with Crippen LogP contribution in [0.5, 0.6) is 0 Å². The summed E-state index contributed by atoms with van der Waals surface area (Å²) in [7, 11) is -4.40. The van der Waals surface area contributed by atoms with Crippen LogP contribution in [0.1, 0.15) is 44.1 Å². The van der Waals surface area contributed by atoms with E-state index in [-0.39, 0.29) is 18.9 Å². The zero-order valence-corrected chi connectivity index (χ0v) is 18.6. The highest BCUT2D eigenvalue weighted by molar-refractivity contribution is 7.92. The van der Waals surface area contributed by atoms with Crippen LogP contribution in [-0.4, -0.2) is 50.5 Å². The van der Waals surface area contributed by atoms with Crippen LogP contribution in [0.2, 0.25) is 0 Å². The zero-order valence-electron chi connectivity index (χ0n) is 17.8. The molecule has 7 nitrogen and oxygen atoms in total. The van der Waals surface area contributed by atoms with E-state index >= 15 is 0 Å². The summed E-state index contributed by atoms with van der Waals surface area (Å²) in [4.78, 5) is 12.2. The van der Waals surface area contributed by atoms with E-state index in [0.717, 1.165) is 18.2 Å². The number of nitrogens with one attached hydrogen (secondary N) is 1. The quantitative estimate of drug-likeness (QED) is 0.663. The Balaban J connectivity index is 1.60. The van der Waals surface area contributed by atoms with Crippen molar-refractivity contribution in [3.8, 4) is 6.07 Å². The Morgan fingerprint density at radius 3 is 2.45 bits per heavy atom. The number of benzene rings is 1. The zero-order chi connectivity index (χ0) is 23.9. The first kappa shape index (κ1) is 24.0. The average molecular weight is 487 g/mol. The third-order valence-electron chi connectivity index (χ3n) is 6.60. The van der Waals surface area contributed by atoms with E-state index in [1.165, 1.54) is 6.07 Å². The Kier molecular flexibility index (Phi) is 6.46. The fourth-order valence-electron chi connectivity index (χ4n) is 4.54. The molecule has 4 rings (SSSR count). The molecule has 1 aromatic rings. The first-order valence-electron chi connectivity index (χ1n) is 10.9. The first-order chi connectivity index (χ1) is 15.6. The molecule has 2 aliphatic carbocycles. The van der Waals surface area contributed by atoms with Crippen LogP contribution < -0.4 is 5.32 Å². The van der Waals surface area contributed by atoms with Gasteiger partial charge in [0.1, 0.15) is 5.54 Å². The van der Waals surface area contributed by atoms with E-state index in [9.17, 15) is 31.6 Å². The molecule has 2 saturated carbocycles. The summed E-state index contributed by atoms with van der Waals surface area (Å²) in [6.45, 7) is 0.957. The Morgan fingerprint density at radius 1 is 1.18 bits per heavy atom. The van der Waals surface area contributed by atoms with Crippen molar-refractivity contribution in [2.45, 2.75) is 72.6 Å². The van der Waals surface area contributed by atoms with Gasteiger partial charge in [-0.2, -0.15) is 18.4 Å². The first-order valence-corrected chi connectivity index (χ1v) is 12.5. The number of hydrogen-bond donors (Lipinski definition) is 1. The minimum absolute atomic E-state index is 0.0937. The van der Waals surface area contributed by atoms with E-state index in [4.69, 9.17) is 9.47 Å². The number of amides is 1.